The molecule has 6 atom stereocenters. The van der Waals surface area contributed by atoms with Crippen LogP contribution in [0.5, 0.6) is 0 Å². The lowest BCUT2D eigenvalue weighted by Gasteiger charge is -2.25. The molecule has 2 saturated heterocycles. The Morgan fingerprint density at radius 3 is 2.84 bits per heavy atom. The summed E-state index contributed by atoms with van der Waals surface area (Å²) in [6, 6.07) is 1.68. The fourth-order valence-corrected chi connectivity index (χ4v) is 4.43. The van der Waals surface area contributed by atoms with Crippen molar-refractivity contribution in [2.45, 2.75) is 43.4 Å². The highest BCUT2D eigenvalue weighted by Gasteiger charge is 2.45. The van der Waals surface area contributed by atoms with E-state index in [4.69, 9.17) is 21.2 Å². The number of hydrogen-bond acceptors (Lipinski definition) is 10. The van der Waals surface area contributed by atoms with Gasteiger partial charge in [0.05, 0.1) is 18.0 Å². The van der Waals surface area contributed by atoms with Crippen LogP contribution in [0, 0.1) is 0 Å². The van der Waals surface area contributed by atoms with Gasteiger partial charge < -0.3 is 34.4 Å². The average molecular weight is 479 g/mol. The molecule has 0 radical (unpaired) electrons. The van der Waals surface area contributed by atoms with Gasteiger partial charge in [0.15, 0.2) is 6.23 Å². The fourth-order valence-electron chi connectivity index (χ4n) is 4.01. The smallest absolute Gasteiger partial charge is 0.352 e. The summed E-state index contributed by atoms with van der Waals surface area (Å²) in [7, 11) is -3.86. The van der Waals surface area contributed by atoms with Gasteiger partial charge in [0.2, 0.25) is 5.28 Å². The number of anilines is 1. The molecular formula is C17H24ClN4O8P. The highest BCUT2D eigenvalue weighted by molar-refractivity contribution is 7.51. The Labute approximate surface area is 182 Å². The maximum atomic E-state index is 11.2. The van der Waals surface area contributed by atoms with E-state index in [-0.39, 0.29) is 24.5 Å². The molecule has 4 heterocycles. The second-order valence-corrected chi connectivity index (χ2v) is 9.75. The summed E-state index contributed by atoms with van der Waals surface area (Å²) in [5, 5.41) is 31.2. The van der Waals surface area contributed by atoms with E-state index >= 15 is 0 Å². The van der Waals surface area contributed by atoms with Crippen molar-refractivity contribution in [3.8, 4) is 0 Å². The van der Waals surface area contributed by atoms with E-state index in [1.165, 1.54) is 4.57 Å². The minimum Gasteiger partial charge on any atom is -0.394 e. The third-order valence-electron chi connectivity index (χ3n) is 5.42. The molecule has 31 heavy (non-hydrogen) atoms. The van der Waals surface area contributed by atoms with Gasteiger partial charge in [0.25, 0.3) is 0 Å². The summed E-state index contributed by atoms with van der Waals surface area (Å²) in [6.07, 6.45) is -1.33. The van der Waals surface area contributed by atoms with E-state index in [1.807, 2.05) is 4.90 Å². The number of aliphatic hydroxyl groups is 3. The van der Waals surface area contributed by atoms with Crippen molar-refractivity contribution in [3.05, 3.63) is 17.5 Å². The molecule has 0 aliphatic carbocycles. The van der Waals surface area contributed by atoms with Gasteiger partial charge in [-0.1, -0.05) is 0 Å². The summed E-state index contributed by atoms with van der Waals surface area (Å²) in [5.74, 6) is 0.577. The van der Waals surface area contributed by atoms with E-state index in [0.29, 0.717) is 23.4 Å². The minimum atomic E-state index is -3.86. The number of nitrogens with zero attached hydrogens (tertiary/aromatic N) is 4. The van der Waals surface area contributed by atoms with Crippen molar-refractivity contribution in [1.29, 1.82) is 0 Å². The van der Waals surface area contributed by atoms with Crippen LogP contribution in [0.1, 0.15) is 19.1 Å². The Bertz CT molecular complexity index is 986. The van der Waals surface area contributed by atoms with Gasteiger partial charge in [-0.05, 0) is 30.5 Å². The third kappa shape index (κ3) is 4.58. The van der Waals surface area contributed by atoms with Crippen molar-refractivity contribution in [2.24, 2.45) is 0 Å². The number of aliphatic hydroxyl groups excluding tert-OH is 3. The molecule has 0 saturated carbocycles. The molecule has 2 fully saturated rings. The van der Waals surface area contributed by atoms with Crippen molar-refractivity contribution in [2.75, 3.05) is 31.3 Å². The lowest BCUT2D eigenvalue weighted by atomic mass is 10.1. The SMILES string of the molecule is CP(=O)(O)OOC[C@H]1O[C@@H](n2ccc3c(N4CCC[C@@H]4CO)nc(Cl)nc32)[C@H](O)[C@@H]1O. The number of hydrogen-bond donors (Lipinski definition) is 4. The van der Waals surface area contributed by atoms with Gasteiger partial charge >= 0.3 is 7.60 Å². The Morgan fingerprint density at radius 1 is 1.35 bits per heavy atom. The zero-order valence-electron chi connectivity index (χ0n) is 16.6. The number of ether oxygens (including phenoxy) is 1. The Kier molecular flexibility index (Phi) is 6.55. The number of halogens is 1. The molecule has 4 rings (SSSR count). The van der Waals surface area contributed by atoms with Gasteiger partial charge in [0, 0.05) is 19.4 Å². The molecule has 2 aromatic heterocycles. The van der Waals surface area contributed by atoms with Crippen molar-refractivity contribution >= 4 is 36.0 Å². The van der Waals surface area contributed by atoms with Crippen LogP contribution in [0.4, 0.5) is 5.82 Å². The molecule has 172 valence electrons. The summed E-state index contributed by atoms with van der Waals surface area (Å²) in [4.78, 5) is 24.4. The molecule has 2 aromatic rings. The Balaban J connectivity index is 1.60. The highest BCUT2D eigenvalue weighted by Crippen LogP contribution is 2.39. The first-order valence-electron chi connectivity index (χ1n) is 9.74. The lowest BCUT2D eigenvalue weighted by molar-refractivity contribution is -0.238. The molecular weight excluding hydrogens is 455 g/mol. The molecule has 2 aliphatic heterocycles. The highest BCUT2D eigenvalue weighted by atomic mass is 35.5. The van der Waals surface area contributed by atoms with E-state index < -0.39 is 32.1 Å². The largest absolute Gasteiger partial charge is 0.394 e. The first kappa shape index (κ1) is 22.8. The summed E-state index contributed by atoms with van der Waals surface area (Å²) in [5.41, 5.74) is 0.390. The maximum absolute atomic E-state index is 11.2. The van der Waals surface area contributed by atoms with Crippen LogP contribution < -0.4 is 4.90 Å². The molecule has 0 bridgehead atoms. The van der Waals surface area contributed by atoms with Crippen LogP contribution >= 0.6 is 19.2 Å². The molecule has 14 heteroatoms. The number of rotatable bonds is 7. The van der Waals surface area contributed by atoms with Gasteiger partial charge in [0.1, 0.15) is 36.4 Å². The topological polar surface area (TPSA) is 160 Å². The summed E-state index contributed by atoms with van der Waals surface area (Å²) in [6.45, 7) is 1.28. The molecule has 4 N–H and O–H groups in total. The van der Waals surface area contributed by atoms with E-state index in [1.54, 1.807) is 12.3 Å². The molecule has 2 aliphatic rings. The molecule has 1 unspecified atom stereocenters. The van der Waals surface area contributed by atoms with E-state index in [2.05, 4.69) is 19.5 Å². The summed E-state index contributed by atoms with van der Waals surface area (Å²) < 4.78 is 22.8. The first-order chi connectivity index (χ1) is 14.7. The van der Waals surface area contributed by atoms with Gasteiger partial charge in [-0.25, -0.2) is 4.89 Å². The van der Waals surface area contributed by atoms with Crippen LogP contribution in [-0.4, -0.2) is 85.5 Å². The Morgan fingerprint density at radius 2 is 2.13 bits per heavy atom. The second-order valence-electron chi connectivity index (χ2n) is 7.66. The monoisotopic (exact) mass is 478 g/mol. The van der Waals surface area contributed by atoms with Crippen LogP contribution in [-0.2, 0) is 18.9 Å². The number of fused-ring (bicyclic) bond motifs is 1. The van der Waals surface area contributed by atoms with Crippen LogP contribution in [0.2, 0.25) is 5.28 Å². The van der Waals surface area contributed by atoms with E-state index in [0.717, 1.165) is 19.5 Å². The molecule has 12 nitrogen and oxygen atoms in total. The lowest BCUT2D eigenvalue weighted by Crippen LogP contribution is -2.34. The molecule has 0 aromatic carbocycles. The van der Waals surface area contributed by atoms with Gasteiger partial charge in [-0.2, -0.15) is 9.97 Å². The second kappa shape index (κ2) is 8.89. The van der Waals surface area contributed by atoms with E-state index in [9.17, 15) is 19.9 Å². The quantitative estimate of drug-likeness (QED) is 0.189. The van der Waals surface area contributed by atoms with Gasteiger partial charge in [-0.3, -0.25) is 4.57 Å². The van der Waals surface area contributed by atoms with Crippen molar-refractivity contribution in [3.63, 3.8) is 0 Å². The predicted octanol–water partition coefficient (Wildman–Crippen LogP) is 0.428. The van der Waals surface area contributed by atoms with Crippen molar-refractivity contribution in [1.82, 2.24) is 14.5 Å². The zero-order chi connectivity index (χ0) is 22.3. The first-order valence-corrected chi connectivity index (χ1v) is 12.1. The number of aromatic nitrogens is 3. The maximum Gasteiger partial charge on any atom is 0.352 e. The van der Waals surface area contributed by atoms with Crippen LogP contribution in [0.3, 0.4) is 0 Å². The summed E-state index contributed by atoms with van der Waals surface area (Å²) >= 11 is 6.17. The molecule has 0 spiro atoms. The normalized spacial score (nSPS) is 30.9. The predicted molar refractivity (Wildman–Crippen MR) is 109 cm³/mol. The van der Waals surface area contributed by atoms with Gasteiger partial charge in [-0.15, -0.1) is 4.67 Å². The minimum absolute atomic E-state index is 0.00555. The van der Waals surface area contributed by atoms with Crippen molar-refractivity contribution < 1.29 is 39.1 Å². The Hall–Kier alpha value is -1.34. The fraction of sp³-hybridized carbons (Fsp3) is 0.647. The van der Waals surface area contributed by atoms with Crippen LogP contribution in [0.15, 0.2) is 12.3 Å². The average Bonchev–Trinajstić information content (AvgIpc) is 3.40. The van der Waals surface area contributed by atoms with Crippen LogP contribution in [0.25, 0.3) is 11.0 Å². The zero-order valence-corrected chi connectivity index (χ0v) is 18.3. The third-order valence-corrected chi connectivity index (χ3v) is 5.97. The standard InChI is InChI=1S/C17H24ClN4O8P/c1-31(26,27)30-28-8-11-12(24)13(25)16(29-11)22-6-4-10-14(19-17(18)20-15(10)22)21-5-2-3-9(21)7-23/h4,6,9,11-13,16,23-25H,2-3,5,7-8H2,1H3,(H,26,27)/t9-,11-,12-,13-,16-/m1/s1. The molecule has 0 amide bonds.